The van der Waals surface area contributed by atoms with Crippen molar-refractivity contribution in [1.82, 2.24) is 4.98 Å². The van der Waals surface area contributed by atoms with Crippen LogP contribution in [-0.2, 0) is 0 Å². The number of nitrogens with zero attached hydrogens (tertiary/aromatic N) is 1. The molecule has 0 saturated carbocycles. The number of benzene rings is 2. The Morgan fingerprint density at radius 3 is 2.86 bits per heavy atom. The minimum absolute atomic E-state index is 0.532. The highest BCUT2D eigenvalue weighted by Gasteiger charge is 2.06. The van der Waals surface area contributed by atoms with Crippen LogP contribution in [0.25, 0.3) is 10.9 Å². The first-order valence-electron chi connectivity index (χ1n) is 6.71. The highest BCUT2D eigenvalue weighted by molar-refractivity contribution is 8.00. The number of nitrogens with one attached hydrogen (secondary N) is 1. The maximum atomic E-state index is 10.9. The molecule has 0 aliphatic heterocycles. The van der Waals surface area contributed by atoms with Gasteiger partial charge in [-0.15, -0.1) is 0 Å². The van der Waals surface area contributed by atoms with Crippen LogP contribution >= 0.6 is 11.9 Å². The van der Waals surface area contributed by atoms with Gasteiger partial charge in [-0.2, -0.15) is 0 Å². The fourth-order valence-corrected chi connectivity index (χ4v) is 2.91. The normalized spacial score (nSPS) is 10.4. The second-order valence-corrected chi connectivity index (χ2v) is 5.46. The molecule has 0 saturated heterocycles. The third-order valence-corrected chi connectivity index (χ3v) is 4.12. The molecule has 4 nitrogen and oxygen atoms in total. The number of anilines is 1. The monoisotopic (exact) mass is 310 g/mol. The standard InChI is InChI=1S/C17H14N2O2S/c1-21-15-10-14(8-7-13(15)11-20)19-22-16-6-2-4-12-5-3-9-18-17(12)16/h2-11,19H,1H3. The highest BCUT2D eigenvalue weighted by atomic mass is 32.2. The third kappa shape index (κ3) is 2.89. The maximum Gasteiger partial charge on any atom is 0.153 e. The number of ether oxygens (including phenoxy) is 1. The van der Waals surface area contributed by atoms with Gasteiger partial charge in [-0.1, -0.05) is 18.2 Å². The predicted molar refractivity (Wildman–Crippen MR) is 89.6 cm³/mol. The van der Waals surface area contributed by atoms with Gasteiger partial charge in [0, 0.05) is 23.3 Å². The smallest absolute Gasteiger partial charge is 0.153 e. The Bertz CT molecular complexity index is 815. The van der Waals surface area contributed by atoms with Crippen molar-refractivity contribution in [1.29, 1.82) is 0 Å². The van der Waals surface area contributed by atoms with Crippen molar-refractivity contribution in [3.8, 4) is 5.75 Å². The van der Waals surface area contributed by atoms with Crippen molar-refractivity contribution in [3.63, 3.8) is 0 Å². The molecule has 0 fully saturated rings. The quantitative estimate of drug-likeness (QED) is 0.566. The van der Waals surface area contributed by atoms with Crippen LogP contribution in [-0.4, -0.2) is 18.4 Å². The summed E-state index contributed by atoms with van der Waals surface area (Å²) in [6.07, 6.45) is 2.57. The molecule has 1 aromatic heterocycles. The number of fused-ring (bicyclic) bond motifs is 1. The largest absolute Gasteiger partial charge is 0.496 e. The molecule has 1 heterocycles. The van der Waals surface area contributed by atoms with Gasteiger partial charge in [-0.05, 0) is 36.2 Å². The van der Waals surface area contributed by atoms with Crippen molar-refractivity contribution in [3.05, 3.63) is 60.3 Å². The van der Waals surface area contributed by atoms with Crippen molar-refractivity contribution in [2.24, 2.45) is 0 Å². The van der Waals surface area contributed by atoms with Gasteiger partial charge in [0.05, 0.1) is 23.1 Å². The van der Waals surface area contributed by atoms with Crippen LogP contribution in [0.3, 0.4) is 0 Å². The molecule has 2 aromatic carbocycles. The lowest BCUT2D eigenvalue weighted by atomic mass is 10.2. The first-order chi connectivity index (χ1) is 10.8. The van der Waals surface area contributed by atoms with Crippen LogP contribution < -0.4 is 9.46 Å². The van der Waals surface area contributed by atoms with Gasteiger partial charge < -0.3 is 9.46 Å². The van der Waals surface area contributed by atoms with Gasteiger partial charge in [-0.3, -0.25) is 9.78 Å². The summed E-state index contributed by atoms with van der Waals surface area (Å²) in [6.45, 7) is 0. The van der Waals surface area contributed by atoms with Crippen molar-refractivity contribution < 1.29 is 9.53 Å². The van der Waals surface area contributed by atoms with Gasteiger partial charge in [-0.25, -0.2) is 0 Å². The number of aldehydes is 1. The molecule has 22 heavy (non-hydrogen) atoms. The zero-order valence-electron chi connectivity index (χ0n) is 11.9. The Morgan fingerprint density at radius 2 is 2.05 bits per heavy atom. The van der Waals surface area contributed by atoms with Crippen LogP contribution in [0.4, 0.5) is 5.69 Å². The molecule has 3 aromatic rings. The summed E-state index contributed by atoms with van der Waals surface area (Å²) in [7, 11) is 1.55. The fraction of sp³-hybridized carbons (Fsp3) is 0.0588. The zero-order valence-corrected chi connectivity index (χ0v) is 12.8. The van der Waals surface area contributed by atoms with Gasteiger partial charge in [0.15, 0.2) is 6.29 Å². The summed E-state index contributed by atoms with van der Waals surface area (Å²) >= 11 is 1.48. The minimum Gasteiger partial charge on any atom is -0.496 e. The van der Waals surface area contributed by atoms with E-state index in [0.29, 0.717) is 11.3 Å². The molecule has 5 heteroatoms. The first-order valence-corrected chi connectivity index (χ1v) is 7.53. The lowest BCUT2D eigenvalue weighted by Gasteiger charge is -2.10. The second kappa shape index (κ2) is 6.49. The Labute approximate surface area is 132 Å². The number of pyridine rings is 1. The minimum atomic E-state index is 0.532. The van der Waals surface area contributed by atoms with Crippen molar-refractivity contribution in [2.45, 2.75) is 4.90 Å². The molecule has 0 amide bonds. The number of hydrogen-bond donors (Lipinski definition) is 1. The highest BCUT2D eigenvalue weighted by Crippen LogP contribution is 2.29. The lowest BCUT2D eigenvalue weighted by molar-refractivity contribution is 0.112. The van der Waals surface area contributed by atoms with E-state index < -0.39 is 0 Å². The first kappa shape index (κ1) is 14.4. The van der Waals surface area contributed by atoms with Gasteiger partial charge in [0.2, 0.25) is 0 Å². The average molecular weight is 310 g/mol. The number of hydrogen-bond acceptors (Lipinski definition) is 5. The number of para-hydroxylation sites is 1. The van der Waals surface area contributed by atoms with Crippen LogP contribution in [0.1, 0.15) is 10.4 Å². The van der Waals surface area contributed by atoms with Gasteiger partial charge in [0.25, 0.3) is 0 Å². The van der Waals surface area contributed by atoms with Crippen molar-refractivity contribution >= 4 is 34.8 Å². The molecule has 0 bridgehead atoms. The number of rotatable bonds is 5. The van der Waals surface area contributed by atoms with E-state index in [4.69, 9.17) is 4.74 Å². The predicted octanol–water partition coefficient (Wildman–Crippen LogP) is 4.18. The van der Waals surface area contributed by atoms with Crippen LogP contribution in [0, 0.1) is 0 Å². The molecule has 110 valence electrons. The average Bonchev–Trinajstić information content (AvgIpc) is 2.59. The van der Waals surface area contributed by atoms with Crippen LogP contribution in [0.15, 0.2) is 59.6 Å². The summed E-state index contributed by atoms with van der Waals surface area (Å²) in [5, 5.41) is 1.10. The zero-order chi connectivity index (χ0) is 15.4. The molecule has 1 N–H and O–H groups in total. The molecule has 0 spiro atoms. The Morgan fingerprint density at radius 1 is 1.18 bits per heavy atom. The summed E-state index contributed by atoms with van der Waals surface area (Å²) in [6, 6.07) is 15.4. The summed E-state index contributed by atoms with van der Waals surface area (Å²) in [5.41, 5.74) is 2.35. The Kier molecular flexibility index (Phi) is 4.25. The lowest BCUT2D eigenvalue weighted by Crippen LogP contribution is -1.93. The van der Waals surface area contributed by atoms with E-state index in [1.807, 2.05) is 36.4 Å². The summed E-state index contributed by atoms with van der Waals surface area (Å²) < 4.78 is 8.47. The maximum absolute atomic E-state index is 10.9. The number of carbonyl (C=O) groups excluding carboxylic acids is 1. The second-order valence-electron chi connectivity index (χ2n) is 4.61. The van der Waals surface area contributed by atoms with Crippen molar-refractivity contribution in [2.75, 3.05) is 11.8 Å². The molecule has 0 radical (unpaired) electrons. The van der Waals surface area contributed by atoms with Crippen LogP contribution in [0.5, 0.6) is 5.75 Å². The number of aromatic nitrogens is 1. The van der Waals surface area contributed by atoms with E-state index in [1.165, 1.54) is 11.9 Å². The van der Waals surface area contributed by atoms with Crippen LogP contribution in [0.2, 0.25) is 0 Å². The van der Waals surface area contributed by atoms with E-state index in [2.05, 4.69) is 9.71 Å². The summed E-state index contributed by atoms with van der Waals surface area (Å²) in [5.74, 6) is 0.552. The van der Waals surface area contributed by atoms with E-state index in [9.17, 15) is 4.79 Å². The van der Waals surface area contributed by atoms with E-state index in [1.54, 1.807) is 25.4 Å². The fourth-order valence-electron chi connectivity index (χ4n) is 2.14. The van der Waals surface area contributed by atoms with Gasteiger partial charge >= 0.3 is 0 Å². The SMILES string of the molecule is COc1cc(NSc2cccc3cccnc23)ccc1C=O. The molecule has 0 unspecified atom stereocenters. The Balaban J connectivity index is 1.84. The number of methoxy groups -OCH3 is 1. The molecule has 0 aliphatic rings. The van der Waals surface area contributed by atoms with E-state index in [0.717, 1.165) is 27.8 Å². The summed E-state index contributed by atoms with van der Waals surface area (Å²) in [4.78, 5) is 16.4. The third-order valence-electron chi connectivity index (χ3n) is 3.23. The molecule has 0 atom stereocenters. The molecule has 0 aliphatic carbocycles. The molecule has 3 rings (SSSR count). The number of carbonyl (C=O) groups is 1. The molecular formula is C17H14N2O2S. The molecular weight excluding hydrogens is 296 g/mol. The van der Waals surface area contributed by atoms with E-state index in [-0.39, 0.29) is 0 Å². The van der Waals surface area contributed by atoms with Gasteiger partial charge in [0.1, 0.15) is 5.75 Å². The van der Waals surface area contributed by atoms with E-state index >= 15 is 0 Å². The Hall–Kier alpha value is -2.53. The topological polar surface area (TPSA) is 51.2 Å².